The van der Waals surface area contributed by atoms with Gasteiger partial charge in [-0.25, -0.2) is 4.99 Å². The number of nitrogens with one attached hydrogen (secondary N) is 1. The smallest absolute Gasteiger partial charge is 0.121 e. The molecule has 0 aromatic carbocycles. The molecule has 0 aromatic heterocycles. The number of halogens is 2. The van der Waals surface area contributed by atoms with Crippen molar-refractivity contribution in [1.82, 2.24) is 5.32 Å². The van der Waals surface area contributed by atoms with E-state index in [-0.39, 0.29) is 5.16 Å². The summed E-state index contributed by atoms with van der Waals surface area (Å²) in [6.07, 6.45) is 2.52. The predicted octanol–water partition coefficient (Wildman–Crippen LogP) is 2.29. The molecule has 0 aliphatic heterocycles. The zero-order chi connectivity index (χ0) is 10.3. The van der Waals surface area contributed by atoms with Crippen molar-refractivity contribution in [3.8, 4) is 0 Å². The Hall–Kier alpha value is -0.480. The standard InChI is InChI=1S/C8H13BrClN3/c1-3-4-12-8(11)7(9)5-13-6(2)10/h5,12H,2-4,11H2,1H3/b8-7-,13-5-. The average Bonchev–Trinajstić information content (AvgIpc) is 2.10. The van der Waals surface area contributed by atoms with Crippen molar-refractivity contribution >= 4 is 33.7 Å². The number of hydrogen-bond acceptors (Lipinski definition) is 3. The van der Waals surface area contributed by atoms with Crippen molar-refractivity contribution in [2.45, 2.75) is 13.3 Å². The number of rotatable bonds is 5. The van der Waals surface area contributed by atoms with Crippen molar-refractivity contribution in [3.63, 3.8) is 0 Å². The first-order valence-corrected chi connectivity index (χ1v) is 5.02. The summed E-state index contributed by atoms with van der Waals surface area (Å²) in [5, 5.41) is 3.22. The van der Waals surface area contributed by atoms with Crippen LogP contribution in [0.25, 0.3) is 0 Å². The lowest BCUT2D eigenvalue weighted by molar-refractivity contribution is 0.761. The summed E-state index contributed by atoms with van der Waals surface area (Å²) in [6.45, 7) is 6.30. The maximum Gasteiger partial charge on any atom is 0.121 e. The fraction of sp³-hybridized carbons (Fsp3) is 0.375. The molecule has 0 amide bonds. The molecule has 5 heteroatoms. The van der Waals surface area contributed by atoms with Gasteiger partial charge in [-0.3, -0.25) is 0 Å². The summed E-state index contributed by atoms with van der Waals surface area (Å²) < 4.78 is 0.669. The first-order valence-electron chi connectivity index (χ1n) is 3.85. The lowest BCUT2D eigenvalue weighted by Gasteiger charge is -2.04. The molecule has 13 heavy (non-hydrogen) atoms. The highest BCUT2D eigenvalue weighted by Crippen LogP contribution is 2.06. The Bertz CT molecular complexity index is 236. The Balaban J connectivity index is 4.17. The molecule has 0 saturated heterocycles. The third kappa shape index (κ3) is 6.66. The molecule has 0 aliphatic carbocycles. The molecule has 3 nitrogen and oxygen atoms in total. The normalized spacial score (nSPS) is 12.8. The van der Waals surface area contributed by atoms with Crippen molar-refractivity contribution in [2.24, 2.45) is 10.7 Å². The van der Waals surface area contributed by atoms with Gasteiger partial charge in [0.05, 0.1) is 4.48 Å². The molecule has 74 valence electrons. The minimum Gasteiger partial charge on any atom is -0.385 e. The van der Waals surface area contributed by atoms with Crippen LogP contribution in [-0.2, 0) is 0 Å². The summed E-state index contributed by atoms with van der Waals surface area (Å²) in [5.74, 6) is 0.545. The second-order valence-electron chi connectivity index (χ2n) is 2.32. The molecule has 0 bridgehead atoms. The largest absolute Gasteiger partial charge is 0.385 e. The second-order valence-corrected chi connectivity index (χ2v) is 3.61. The molecule has 0 unspecified atom stereocenters. The van der Waals surface area contributed by atoms with E-state index in [1.165, 1.54) is 6.21 Å². The van der Waals surface area contributed by atoms with Crippen LogP contribution in [0.15, 0.2) is 27.0 Å². The lowest BCUT2D eigenvalue weighted by atomic mass is 10.4. The van der Waals surface area contributed by atoms with Crippen molar-refractivity contribution < 1.29 is 0 Å². The topological polar surface area (TPSA) is 50.4 Å². The van der Waals surface area contributed by atoms with Crippen LogP contribution >= 0.6 is 27.5 Å². The Morgan fingerprint density at radius 3 is 2.85 bits per heavy atom. The first-order chi connectivity index (χ1) is 6.07. The van der Waals surface area contributed by atoms with Crippen LogP contribution < -0.4 is 11.1 Å². The number of allylic oxidation sites excluding steroid dienone is 1. The average molecular weight is 267 g/mol. The summed E-state index contributed by atoms with van der Waals surface area (Å²) in [5.41, 5.74) is 5.65. The van der Waals surface area contributed by atoms with Gasteiger partial charge in [0.1, 0.15) is 11.0 Å². The summed E-state index contributed by atoms with van der Waals surface area (Å²) in [4.78, 5) is 3.77. The minimum atomic E-state index is 0.222. The van der Waals surface area contributed by atoms with Crippen LogP contribution in [0.2, 0.25) is 0 Å². The fourth-order valence-corrected chi connectivity index (χ4v) is 0.832. The molecule has 0 aromatic rings. The summed E-state index contributed by atoms with van der Waals surface area (Å²) in [6, 6.07) is 0. The van der Waals surface area contributed by atoms with Crippen LogP contribution in [0.3, 0.4) is 0 Å². The second kappa shape index (κ2) is 6.97. The quantitative estimate of drug-likeness (QED) is 0.592. The molecule has 0 saturated carbocycles. The SMILES string of the molecule is C=C(Cl)/N=C\C(Br)=C(/N)NCCC. The van der Waals surface area contributed by atoms with E-state index in [4.69, 9.17) is 17.3 Å². The Morgan fingerprint density at radius 2 is 2.38 bits per heavy atom. The summed E-state index contributed by atoms with van der Waals surface area (Å²) in [7, 11) is 0. The molecule has 3 N–H and O–H groups in total. The van der Waals surface area contributed by atoms with Gasteiger partial charge < -0.3 is 11.1 Å². The first kappa shape index (κ1) is 12.5. The van der Waals surface area contributed by atoms with Gasteiger partial charge in [0.25, 0.3) is 0 Å². The van der Waals surface area contributed by atoms with Gasteiger partial charge in [0.2, 0.25) is 0 Å². The maximum atomic E-state index is 5.65. The van der Waals surface area contributed by atoms with E-state index >= 15 is 0 Å². The molecule has 0 atom stereocenters. The van der Waals surface area contributed by atoms with E-state index in [9.17, 15) is 0 Å². The van der Waals surface area contributed by atoms with Gasteiger partial charge in [-0.15, -0.1) is 0 Å². The Morgan fingerprint density at radius 1 is 1.77 bits per heavy atom. The van der Waals surface area contributed by atoms with Gasteiger partial charge in [0, 0.05) is 12.8 Å². The highest BCUT2D eigenvalue weighted by molar-refractivity contribution is 9.12. The van der Waals surface area contributed by atoms with Crippen LogP contribution in [0.1, 0.15) is 13.3 Å². The monoisotopic (exact) mass is 265 g/mol. The van der Waals surface area contributed by atoms with E-state index in [1.807, 2.05) is 0 Å². The fourth-order valence-electron chi connectivity index (χ4n) is 0.540. The molecule has 0 heterocycles. The summed E-state index contributed by atoms with van der Waals surface area (Å²) >= 11 is 8.68. The van der Waals surface area contributed by atoms with Crippen molar-refractivity contribution in [3.05, 3.63) is 22.0 Å². The van der Waals surface area contributed by atoms with Crippen LogP contribution in [-0.4, -0.2) is 12.8 Å². The zero-order valence-electron chi connectivity index (χ0n) is 7.48. The zero-order valence-corrected chi connectivity index (χ0v) is 9.82. The van der Waals surface area contributed by atoms with E-state index in [0.29, 0.717) is 10.3 Å². The highest BCUT2D eigenvalue weighted by atomic mass is 79.9. The van der Waals surface area contributed by atoms with Gasteiger partial charge in [0.15, 0.2) is 0 Å². The van der Waals surface area contributed by atoms with Gasteiger partial charge >= 0.3 is 0 Å². The Kier molecular flexibility index (Phi) is 6.72. The third-order valence-electron chi connectivity index (χ3n) is 1.14. The molecule has 0 aliphatic rings. The number of hydrogen-bond donors (Lipinski definition) is 2. The highest BCUT2D eigenvalue weighted by Gasteiger charge is 1.94. The lowest BCUT2D eigenvalue weighted by Crippen LogP contribution is -2.22. The van der Waals surface area contributed by atoms with Crippen LogP contribution in [0.5, 0.6) is 0 Å². The van der Waals surface area contributed by atoms with Crippen LogP contribution in [0.4, 0.5) is 0 Å². The van der Waals surface area contributed by atoms with Crippen molar-refractivity contribution in [1.29, 1.82) is 0 Å². The molecule has 0 fully saturated rings. The minimum absolute atomic E-state index is 0.222. The van der Waals surface area contributed by atoms with E-state index in [0.717, 1.165) is 13.0 Å². The number of aliphatic imine (C=N–C) groups is 1. The van der Waals surface area contributed by atoms with E-state index < -0.39 is 0 Å². The van der Waals surface area contributed by atoms with E-state index in [2.05, 4.69) is 39.7 Å². The maximum absolute atomic E-state index is 5.65. The van der Waals surface area contributed by atoms with Crippen molar-refractivity contribution in [2.75, 3.05) is 6.54 Å². The van der Waals surface area contributed by atoms with Gasteiger partial charge in [-0.05, 0) is 22.4 Å². The predicted molar refractivity (Wildman–Crippen MR) is 61.9 cm³/mol. The van der Waals surface area contributed by atoms with Gasteiger partial charge in [-0.1, -0.05) is 25.1 Å². The van der Waals surface area contributed by atoms with Crippen LogP contribution in [0, 0.1) is 0 Å². The molecule has 0 radical (unpaired) electrons. The third-order valence-corrected chi connectivity index (χ3v) is 1.87. The molecular weight excluding hydrogens is 253 g/mol. The van der Waals surface area contributed by atoms with E-state index in [1.54, 1.807) is 0 Å². The number of nitrogens with two attached hydrogens (primary N) is 1. The molecular formula is C8H13BrClN3. The van der Waals surface area contributed by atoms with Gasteiger partial charge in [-0.2, -0.15) is 0 Å². The molecule has 0 rings (SSSR count). The number of nitrogens with zero attached hydrogens (tertiary/aromatic N) is 1. The Labute approximate surface area is 91.9 Å². The molecule has 0 spiro atoms.